The summed E-state index contributed by atoms with van der Waals surface area (Å²) in [7, 11) is 0. The van der Waals surface area contributed by atoms with Crippen LogP contribution >= 0.6 is 0 Å². The lowest BCUT2D eigenvalue weighted by Crippen LogP contribution is -2.55. The van der Waals surface area contributed by atoms with E-state index < -0.39 is 0 Å². The van der Waals surface area contributed by atoms with Gasteiger partial charge in [-0.25, -0.2) is 9.83 Å². The van der Waals surface area contributed by atoms with E-state index in [1.807, 2.05) is 36.7 Å². The molecule has 5 aliphatic rings. The summed E-state index contributed by atoms with van der Waals surface area (Å²) < 4.78 is 8.43. The predicted molar refractivity (Wildman–Crippen MR) is 129 cm³/mol. The number of nitrogen functional groups attached to an aromatic ring is 1. The van der Waals surface area contributed by atoms with Crippen molar-refractivity contribution in [2.75, 3.05) is 5.73 Å². The first-order valence-electron chi connectivity index (χ1n) is 12.2. The number of aromatic nitrogens is 2. The molecule has 1 atom stereocenters. The summed E-state index contributed by atoms with van der Waals surface area (Å²) >= 11 is 0. The van der Waals surface area contributed by atoms with E-state index in [2.05, 4.69) is 15.5 Å². The van der Waals surface area contributed by atoms with Crippen molar-refractivity contribution < 1.29 is 4.74 Å². The number of ether oxygens (including phenoxy) is 1. The maximum atomic E-state index is 9.48. The number of benzene rings is 2. The van der Waals surface area contributed by atoms with Crippen molar-refractivity contribution in [3.8, 4) is 11.6 Å². The second-order valence-corrected chi connectivity index (χ2v) is 10.9. The molecule has 1 unspecified atom stereocenters. The van der Waals surface area contributed by atoms with Crippen molar-refractivity contribution in [1.29, 1.82) is 5.41 Å². The van der Waals surface area contributed by atoms with Gasteiger partial charge in [0.15, 0.2) is 5.69 Å². The Kier molecular flexibility index (Phi) is 4.06. The molecule has 2 heterocycles. The summed E-state index contributed by atoms with van der Waals surface area (Å²) in [5.41, 5.74) is 10.7. The Hall–Kier alpha value is -3.59. The first kappa shape index (κ1) is 19.8. The smallest absolute Gasteiger partial charge is 0.228 e. The van der Waals surface area contributed by atoms with Crippen molar-refractivity contribution in [1.82, 2.24) is 9.55 Å². The van der Waals surface area contributed by atoms with Gasteiger partial charge in [-0.1, -0.05) is 24.3 Å². The molecule has 2 aromatic carbocycles. The minimum atomic E-state index is -0.219. The molecule has 3 N–H and O–H groups in total. The van der Waals surface area contributed by atoms with Crippen molar-refractivity contribution in [2.24, 2.45) is 17.8 Å². The summed E-state index contributed by atoms with van der Waals surface area (Å²) in [4.78, 5) is 8.37. The fourth-order valence-corrected chi connectivity index (χ4v) is 7.79. The first-order chi connectivity index (χ1) is 16.5. The molecule has 0 radical (unpaired) electrons. The van der Waals surface area contributed by atoms with Gasteiger partial charge in [0.25, 0.3) is 0 Å². The summed E-state index contributed by atoms with van der Waals surface area (Å²) in [6.45, 7) is 7.41. The van der Waals surface area contributed by atoms with Crippen LogP contribution in [-0.2, 0) is 5.54 Å². The van der Waals surface area contributed by atoms with Crippen LogP contribution in [0.1, 0.15) is 61.1 Å². The third-order valence-corrected chi connectivity index (χ3v) is 8.71. The number of fused-ring (bicyclic) bond motifs is 2. The molecular formula is C28H27N5O. The molecule has 1 aliphatic heterocycles. The SMILES string of the molecule is [C-]#[N+]c1ccc2c(c1)Oc1ncn(C34CC5CC(CC(C5)C3)C4)c(=N)c1C2c1cccc(N)c1. The highest BCUT2D eigenvalue weighted by Crippen LogP contribution is 2.58. The van der Waals surface area contributed by atoms with Gasteiger partial charge in [-0.2, -0.15) is 0 Å². The van der Waals surface area contributed by atoms with E-state index in [-0.39, 0.29) is 11.5 Å². The third kappa shape index (κ3) is 2.79. The quantitative estimate of drug-likeness (QED) is 0.304. The molecule has 170 valence electrons. The van der Waals surface area contributed by atoms with Crippen molar-refractivity contribution in [3.05, 3.63) is 82.4 Å². The summed E-state index contributed by atoms with van der Waals surface area (Å²) in [6.07, 6.45) is 9.40. The van der Waals surface area contributed by atoms with Gasteiger partial charge in [-0.3, -0.25) is 5.41 Å². The van der Waals surface area contributed by atoms with Gasteiger partial charge in [0.1, 0.15) is 17.6 Å². The van der Waals surface area contributed by atoms with Crippen LogP contribution in [0.3, 0.4) is 0 Å². The summed E-state index contributed by atoms with van der Waals surface area (Å²) in [5, 5.41) is 9.48. The molecule has 34 heavy (non-hydrogen) atoms. The largest absolute Gasteiger partial charge is 0.440 e. The highest BCUT2D eigenvalue weighted by atomic mass is 16.5. The average Bonchev–Trinajstić information content (AvgIpc) is 2.81. The van der Waals surface area contributed by atoms with Crippen molar-refractivity contribution in [3.63, 3.8) is 0 Å². The maximum Gasteiger partial charge on any atom is 0.228 e. The zero-order chi connectivity index (χ0) is 23.0. The molecule has 8 rings (SSSR count). The molecule has 4 bridgehead atoms. The first-order valence-corrected chi connectivity index (χ1v) is 12.2. The Morgan fingerprint density at radius 1 is 1.06 bits per heavy atom. The van der Waals surface area contributed by atoms with Crippen molar-refractivity contribution >= 4 is 11.4 Å². The fourth-order valence-electron chi connectivity index (χ4n) is 7.79. The Morgan fingerprint density at radius 3 is 2.47 bits per heavy atom. The molecule has 3 aromatic rings. The van der Waals surface area contributed by atoms with Crippen LogP contribution in [0, 0.1) is 29.7 Å². The fraction of sp³-hybridized carbons (Fsp3) is 0.393. The zero-order valence-electron chi connectivity index (χ0n) is 19.0. The van der Waals surface area contributed by atoms with E-state index in [9.17, 15) is 5.41 Å². The number of nitrogens with zero attached hydrogens (tertiary/aromatic N) is 3. The lowest BCUT2D eigenvalue weighted by Gasteiger charge is -2.57. The van der Waals surface area contributed by atoms with E-state index >= 15 is 0 Å². The standard InChI is InChI=1S/C28H27N5O/c1-31-21-5-6-22-23(11-21)34-27-25(24(22)19-3-2-4-20(29)10-19)26(30)33(15-32-27)28-12-16-7-17(13-28)9-18(8-16)14-28/h2-6,10-11,15-18,24,30H,7-9,12-14,29H2. The predicted octanol–water partition coefficient (Wildman–Crippen LogP) is 5.71. The minimum Gasteiger partial charge on any atom is -0.440 e. The molecule has 1 aromatic heterocycles. The molecule has 4 aliphatic carbocycles. The van der Waals surface area contributed by atoms with Gasteiger partial charge < -0.3 is 15.0 Å². The van der Waals surface area contributed by atoms with E-state index in [1.165, 1.54) is 19.3 Å². The molecule has 4 fully saturated rings. The molecule has 0 spiro atoms. The van der Waals surface area contributed by atoms with Gasteiger partial charge in [0, 0.05) is 22.7 Å². The van der Waals surface area contributed by atoms with Gasteiger partial charge in [0.2, 0.25) is 5.88 Å². The number of rotatable bonds is 2. The Morgan fingerprint density at radius 2 is 1.79 bits per heavy atom. The Balaban J connectivity index is 1.43. The van der Waals surface area contributed by atoms with E-state index in [4.69, 9.17) is 22.0 Å². The van der Waals surface area contributed by atoms with Crippen LogP contribution in [-0.4, -0.2) is 9.55 Å². The monoisotopic (exact) mass is 449 g/mol. The molecule has 0 amide bonds. The Bertz CT molecular complexity index is 1400. The minimum absolute atomic E-state index is 0.00234. The van der Waals surface area contributed by atoms with Crippen LogP contribution in [0.5, 0.6) is 11.6 Å². The highest BCUT2D eigenvalue weighted by molar-refractivity contribution is 5.62. The van der Waals surface area contributed by atoms with E-state index in [1.54, 1.807) is 6.07 Å². The molecule has 0 saturated heterocycles. The van der Waals surface area contributed by atoms with Crippen LogP contribution in [0.15, 0.2) is 48.8 Å². The Labute approximate surface area is 198 Å². The van der Waals surface area contributed by atoms with Crippen molar-refractivity contribution in [2.45, 2.75) is 50.0 Å². The molecular weight excluding hydrogens is 422 g/mol. The van der Waals surface area contributed by atoms with Gasteiger partial charge in [-0.15, -0.1) is 0 Å². The maximum absolute atomic E-state index is 9.48. The second kappa shape index (κ2) is 6.96. The summed E-state index contributed by atoms with van der Waals surface area (Å²) in [6, 6.07) is 13.4. The van der Waals surface area contributed by atoms with E-state index in [0.29, 0.717) is 28.5 Å². The molecule has 6 nitrogen and oxygen atoms in total. The van der Waals surface area contributed by atoms with Gasteiger partial charge in [-0.05, 0) is 80.0 Å². The highest BCUT2D eigenvalue weighted by Gasteiger charge is 2.52. The van der Waals surface area contributed by atoms with Gasteiger partial charge >= 0.3 is 0 Å². The number of nitrogens with one attached hydrogen (secondary N) is 1. The summed E-state index contributed by atoms with van der Waals surface area (Å²) in [5.74, 6) is 3.22. The number of hydrogen-bond acceptors (Lipinski definition) is 4. The second-order valence-electron chi connectivity index (χ2n) is 10.9. The number of nitrogens with two attached hydrogens (primary N) is 1. The van der Waals surface area contributed by atoms with Crippen LogP contribution in [0.25, 0.3) is 4.85 Å². The number of hydrogen-bond donors (Lipinski definition) is 2. The van der Waals surface area contributed by atoms with E-state index in [0.717, 1.165) is 53.7 Å². The topological polar surface area (TPSA) is 81.3 Å². The zero-order valence-corrected chi connectivity index (χ0v) is 19.0. The van der Waals surface area contributed by atoms with Crippen LogP contribution in [0.2, 0.25) is 0 Å². The average molecular weight is 450 g/mol. The molecule has 6 heteroatoms. The van der Waals surface area contributed by atoms with Gasteiger partial charge in [0.05, 0.1) is 12.1 Å². The van der Waals surface area contributed by atoms with Crippen LogP contribution < -0.4 is 16.0 Å². The van der Waals surface area contributed by atoms with Crippen LogP contribution in [0.4, 0.5) is 11.4 Å². The molecule has 4 saturated carbocycles. The third-order valence-electron chi connectivity index (χ3n) is 8.71. The normalized spacial score (nSPS) is 30.2. The lowest BCUT2D eigenvalue weighted by molar-refractivity contribution is -0.0462. The lowest BCUT2D eigenvalue weighted by atomic mass is 9.53. The number of anilines is 1.